The third-order valence-electron chi connectivity index (χ3n) is 8.01. The summed E-state index contributed by atoms with van der Waals surface area (Å²) in [6.45, 7) is 3.94. The predicted octanol–water partition coefficient (Wildman–Crippen LogP) is 2.95. The smallest absolute Gasteiger partial charge is 0.344 e. The first-order valence-corrected chi connectivity index (χ1v) is 10.1. The molecule has 0 radical (unpaired) electrons. The highest BCUT2D eigenvalue weighted by atomic mass is 16.6. The largest absolute Gasteiger partial charge is 0.479 e. The molecule has 0 aliphatic heterocycles. The highest BCUT2D eigenvalue weighted by Crippen LogP contribution is 2.63. The molecule has 0 aromatic rings. The zero-order chi connectivity index (χ0) is 19.4. The van der Waals surface area contributed by atoms with Gasteiger partial charge in [-0.15, -0.1) is 0 Å². The number of aliphatic carboxylic acids is 1. The summed E-state index contributed by atoms with van der Waals surface area (Å²) in [6, 6.07) is 0. The Hall–Kier alpha value is -1.69. The summed E-state index contributed by atoms with van der Waals surface area (Å²) < 4.78 is 0. The second-order valence-corrected chi connectivity index (χ2v) is 9.32. The van der Waals surface area contributed by atoms with Crippen LogP contribution in [0.25, 0.3) is 0 Å². The number of allylic oxidation sites excluding steroid dienone is 1. The Morgan fingerprint density at radius 2 is 1.93 bits per heavy atom. The first-order valence-electron chi connectivity index (χ1n) is 10.1. The molecule has 27 heavy (non-hydrogen) atoms. The summed E-state index contributed by atoms with van der Waals surface area (Å²) in [7, 11) is 0. The van der Waals surface area contributed by atoms with Gasteiger partial charge in [0.25, 0.3) is 0 Å². The van der Waals surface area contributed by atoms with E-state index in [1.807, 2.05) is 6.08 Å². The van der Waals surface area contributed by atoms with Gasteiger partial charge in [0.1, 0.15) is 5.78 Å². The van der Waals surface area contributed by atoms with E-state index >= 15 is 0 Å². The summed E-state index contributed by atoms with van der Waals surface area (Å²) in [5, 5.41) is 23.3. The molecule has 4 aliphatic carbocycles. The normalized spacial score (nSPS) is 44.9. The average molecular weight is 375 g/mol. The third-order valence-corrected chi connectivity index (χ3v) is 8.01. The fourth-order valence-corrected chi connectivity index (χ4v) is 6.43. The Morgan fingerprint density at radius 3 is 2.67 bits per heavy atom. The molecule has 0 heterocycles. The number of Topliss-reactive ketones (excluding diaryl/α,β-unsaturated/α-hetero) is 1. The molecule has 3 saturated carbocycles. The van der Waals surface area contributed by atoms with Crippen molar-refractivity contribution in [2.24, 2.45) is 33.7 Å². The van der Waals surface area contributed by atoms with E-state index in [2.05, 4.69) is 19.0 Å². The van der Waals surface area contributed by atoms with Crippen molar-refractivity contribution >= 4 is 17.5 Å². The first kappa shape index (κ1) is 18.7. The molecule has 0 saturated heterocycles. The molecule has 0 amide bonds. The van der Waals surface area contributed by atoms with E-state index in [0.717, 1.165) is 37.8 Å². The molecular formula is C21H29NO5. The van der Waals surface area contributed by atoms with E-state index in [9.17, 15) is 14.7 Å². The number of rotatable bonds is 3. The van der Waals surface area contributed by atoms with Crippen molar-refractivity contribution < 1.29 is 24.6 Å². The molecule has 4 rings (SSSR count). The van der Waals surface area contributed by atoms with Gasteiger partial charge in [-0.2, -0.15) is 0 Å². The summed E-state index contributed by atoms with van der Waals surface area (Å²) in [5.74, 6) is 0.0177. The van der Waals surface area contributed by atoms with Crippen molar-refractivity contribution in [2.75, 3.05) is 6.61 Å². The van der Waals surface area contributed by atoms with Crippen LogP contribution in [-0.4, -0.2) is 40.4 Å². The average Bonchev–Trinajstić information content (AvgIpc) is 2.91. The maximum atomic E-state index is 12.6. The summed E-state index contributed by atoms with van der Waals surface area (Å²) in [6.07, 6.45) is 7.47. The minimum Gasteiger partial charge on any atom is -0.479 e. The van der Waals surface area contributed by atoms with Crippen LogP contribution in [0.15, 0.2) is 16.8 Å². The molecule has 0 spiro atoms. The zero-order valence-electron chi connectivity index (χ0n) is 16.1. The van der Waals surface area contributed by atoms with Crippen molar-refractivity contribution in [3.8, 4) is 0 Å². The van der Waals surface area contributed by atoms with Gasteiger partial charge in [-0.05, 0) is 61.9 Å². The number of ketones is 1. The highest BCUT2D eigenvalue weighted by Gasteiger charge is 2.60. The van der Waals surface area contributed by atoms with Gasteiger partial charge in [0, 0.05) is 17.8 Å². The van der Waals surface area contributed by atoms with Gasteiger partial charge in [-0.1, -0.05) is 24.6 Å². The van der Waals surface area contributed by atoms with Crippen LogP contribution in [0.1, 0.15) is 58.8 Å². The topological polar surface area (TPSA) is 96.2 Å². The van der Waals surface area contributed by atoms with Crippen LogP contribution in [0, 0.1) is 28.6 Å². The molecular weight excluding hydrogens is 346 g/mol. The number of carboxylic acids is 1. The number of fused-ring (bicyclic) bond motifs is 5. The highest BCUT2D eigenvalue weighted by molar-refractivity contribution is 6.00. The minimum atomic E-state index is -1.05. The second-order valence-electron chi connectivity index (χ2n) is 9.32. The monoisotopic (exact) mass is 375 g/mol. The Bertz CT molecular complexity index is 728. The number of carboxylic acid groups (broad SMARTS) is 1. The Labute approximate surface area is 159 Å². The van der Waals surface area contributed by atoms with Gasteiger partial charge in [0.15, 0.2) is 0 Å². The van der Waals surface area contributed by atoms with Crippen molar-refractivity contribution in [1.29, 1.82) is 0 Å². The number of carbonyl (C=O) groups is 2. The molecule has 0 aromatic carbocycles. The minimum absolute atomic E-state index is 0.0165. The van der Waals surface area contributed by atoms with Crippen molar-refractivity contribution in [3.63, 3.8) is 0 Å². The van der Waals surface area contributed by atoms with Crippen LogP contribution in [0.5, 0.6) is 0 Å². The van der Waals surface area contributed by atoms with Gasteiger partial charge < -0.3 is 15.1 Å². The van der Waals surface area contributed by atoms with Crippen LogP contribution in [0.3, 0.4) is 0 Å². The van der Waals surface area contributed by atoms with Gasteiger partial charge >= 0.3 is 5.97 Å². The lowest BCUT2D eigenvalue weighted by molar-refractivity contribution is -0.142. The SMILES string of the molecule is C[C@]12CC[C@H](O)CC1=C/C(=N/OCC(=O)O)[C@@H]1[C@@H]2CC[C@]2(C)C(=O)CC[C@@H]12. The van der Waals surface area contributed by atoms with E-state index in [1.165, 1.54) is 5.57 Å². The molecule has 6 heteroatoms. The number of carbonyl (C=O) groups excluding carboxylic acids is 1. The molecule has 0 aromatic heterocycles. The first-order chi connectivity index (χ1) is 12.8. The zero-order valence-corrected chi connectivity index (χ0v) is 16.1. The Kier molecular flexibility index (Phi) is 4.45. The van der Waals surface area contributed by atoms with Gasteiger partial charge in [-0.3, -0.25) is 4.79 Å². The molecule has 0 bridgehead atoms. The summed E-state index contributed by atoms with van der Waals surface area (Å²) >= 11 is 0. The number of aliphatic hydroxyl groups excluding tert-OH is 1. The number of nitrogens with zero attached hydrogens (tertiary/aromatic N) is 1. The summed E-state index contributed by atoms with van der Waals surface area (Å²) in [5.41, 5.74) is 1.69. The van der Waals surface area contributed by atoms with Gasteiger partial charge in [0.2, 0.25) is 6.61 Å². The fourth-order valence-electron chi connectivity index (χ4n) is 6.43. The molecule has 2 N–H and O–H groups in total. The molecule has 4 aliphatic rings. The lowest BCUT2D eigenvalue weighted by Crippen LogP contribution is -2.53. The maximum absolute atomic E-state index is 12.6. The van der Waals surface area contributed by atoms with Crippen LogP contribution >= 0.6 is 0 Å². The molecule has 148 valence electrons. The third kappa shape index (κ3) is 2.84. The van der Waals surface area contributed by atoms with Crippen molar-refractivity contribution in [3.05, 3.63) is 11.6 Å². The van der Waals surface area contributed by atoms with E-state index in [4.69, 9.17) is 9.94 Å². The summed E-state index contributed by atoms with van der Waals surface area (Å²) in [4.78, 5) is 28.6. The standard InChI is InChI=1S/C21H29NO5/c1-20-7-5-13(23)9-12(20)10-16(22-27-11-18(25)26)19-14-3-4-17(24)21(14,2)8-6-15(19)20/h10,13-15,19,23H,3-9,11H2,1-2H3,(H,25,26)/b22-16-/t13-,14-,15-,19-,20-,21-/m0/s1. The second kappa shape index (κ2) is 6.43. The number of aliphatic hydroxyl groups is 1. The predicted molar refractivity (Wildman–Crippen MR) is 99.1 cm³/mol. The van der Waals surface area contributed by atoms with Crippen molar-refractivity contribution in [1.82, 2.24) is 0 Å². The quantitative estimate of drug-likeness (QED) is 0.740. The fraction of sp³-hybridized carbons (Fsp3) is 0.762. The number of hydrogen-bond donors (Lipinski definition) is 2. The molecule has 3 fully saturated rings. The van der Waals surface area contributed by atoms with Crippen LogP contribution in [0.4, 0.5) is 0 Å². The maximum Gasteiger partial charge on any atom is 0.344 e. The lowest BCUT2D eigenvalue weighted by atomic mass is 9.47. The van der Waals surface area contributed by atoms with Gasteiger partial charge in [-0.25, -0.2) is 4.79 Å². The Balaban J connectivity index is 1.76. The van der Waals surface area contributed by atoms with Crippen LogP contribution < -0.4 is 0 Å². The lowest BCUT2D eigenvalue weighted by Gasteiger charge is -2.56. The van der Waals surface area contributed by atoms with E-state index in [1.54, 1.807) is 0 Å². The van der Waals surface area contributed by atoms with Crippen molar-refractivity contribution in [2.45, 2.75) is 64.9 Å². The van der Waals surface area contributed by atoms with E-state index in [0.29, 0.717) is 24.5 Å². The van der Waals surface area contributed by atoms with E-state index in [-0.39, 0.29) is 28.8 Å². The van der Waals surface area contributed by atoms with Gasteiger partial charge in [0.05, 0.1) is 11.8 Å². The molecule has 6 nitrogen and oxygen atoms in total. The molecule has 0 unspecified atom stereocenters. The molecule has 6 atom stereocenters. The van der Waals surface area contributed by atoms with Crippen LogP contribution in [-0.2, 0) is 14.4 Å². The van der Waals surface area contributed by atoms with E-state index < -0.39 is 12.6 Å². The van der Waals surface area contributed by atoms with Crippen LogP contribution in [0.2, 0.25) is 0 Å². The number of hydrogen-bond acceptors (Lipinski definition) is 5. The number of oxime groups is 1. The Morgan fingerprint density at radius 1 is 1.22 bits per heavy atom.